The Morgan fingerprint density at radius 1 is 1.00 bits per heavy atom. The summed E-state index contributed by atoms with van der Waals surface area (Å²) in [6.45, 7) is 4.45. The SMILES string of the molecule is CCOc1cccc2c1O[C@H](c1cccc(OC)c1OC)N1N=C(c3ccc(C)o3)C[C@H]21. The van der Waals surface area contributed by atoms with E-state index in [2.05, 4.69) is 6.07 Å². The summed E-state index contributed by atoms with van der Waals surface area (Å²) in [5.41, 5.74) is 2.75. The van der Waals surface area contributed by atoms with Gasteiger partial charge < -0.3 is 23.4 Å². The molecular weight excluding hydrogens is 408 g/mol. The zero-order valence-corrected chi connectivity index (χ0v) is 18.6. The highest BCUT2D eigenvalue weighted by atomic mass is 16.5. The number of para-hydroxylation sites is 2. The molecule has 0 saturated carbocycles. The molecule has 1 aromatic heterocycles. The molecule has 0 aliphatic carbocycles. The smallest absolute Gasteiger partial charge is 0.217 e. The molecule has 0 saturated heterocycles. The number of ether oxygens (including phenoxy) is 4. The molecule has 3 aromatic rings. The van der Waals surface area contributed by atoms with Crippen LogP contribution in [0.25, 0.3) is 0 Å². The van der Waals surface area contributed by atoms with Crippen molar-refractivity contribution in [3.8, 4) is 23.0 Å². The van der Waals surface area contributed by atoms with Crippen molar-refractivity contribution in [2.24, 2.45) is 5.10 Å². The fourth-order valence-corrected chi connectivity index (χ4v) is 4.40. The van der Waals surface area contributed by atoms with Gasteiger partial charge in [0.25, 0.3) is 0 Å². The monoisotopic (exact) mass is 434 g/mol. The first-order valence-corrected chi connectivity index (χ1v) is 10.7. The van der Waals surface area contributed by atoms with E-state index in [1.807, 2.05) is 61.3 Å². The lowest BCUT2D eigenvalue weighted by Crippen LogP contribution is -2.34. The van der Waals surface area contributed by atoms with E-state index in [9.17, 15) is 0 Å². The number of rotatable bonds is 6. The van der Waals surface area contributed by atoms with Crippen LogP contribution in [0.2, 0.25) is 0 Å². The summed E-state index contributed by atoms with van der Waals surface area (Å²) in [6, 6.07) is 15.7. The fourth-order valence-electron chi connectivity index (χ4n) is 4.40. The van der Waals surface area contributed by atoms with Gasteiger partial charge in [0.15, 0.2) is 23.0 Å². The first-order valence-electron chi connectivity index (χ1n) is 10.7. The van der Waals surface area contributed by atoms with E-state index in [-0.39, 0.29) is 6.04 Å². The Morgan fingerprint density at radius 3 is 2.47 bits per heavy atom. The van der Waals surface area contributed by atoms with Crippen LogP contribution in [0, 0.1) is 6.92 Å². The summed E-state index contributed by atoms with van der Waals surface area (Å²) in [4.78, 5) is 0. The highest BCUT2D eigenvalue weighted by Crippen LogP contribution is 2.52. The third kappa shape index (κ3) is 3.25. The lowest BCUT2D eigenvalue weighted by molar-refractivity contribution is -0.0226. The molecule has 0 spiro atoms. The van der Waals surface area contributed by atoms with E-state index in [1.165, 1.54) is 0 Å². The number of methoxy groups -OCH3 is 2. The molecule has 166 valence electrons. The van der Waals surface area contributed by atoms with Crippen LogP contribution < -0.4 is 18.9 Å². The molecule has 2 aliphatic rings. The number of hydrazone groups is 1. The zero-order chi connectivity index (χ0) is 22.2. The van der Waals surface area contributed by atoms with E-state index in [4.69, 9.17) is 28.5 Å². The highest BCUT2D eigenvalue weighted by Gasteiger charge is 2.44. The third-order valence-corrected chi connectivity index (χ3v) is 5.80. The lowest BCUT2D eigenvalue weighted by atomic mass is 9.97. The molecular formula is C25H26N2O5. The average molecular weight is 434 g/mol. The second-order valence-electron chi connectivity index (χ2n) is 7.72. The number of aryl methyl sites for hydroxylation is 1. The van der Waals surface area contributed by atoms with Gasteiger partial charge in [-0.2, -0.15) is 5.10 Å². The van der Waals surface area contributed by atoms with Gasteiger partial charge in [-0.3, -0.25) is 0 Å². The van der Waals surface area contributed by atoms with Gasteiger partial charge in [-0.25, -0.2) is 5.01 Å². The first kappa shape index (κ1) is 20.3. The van der Waals surface area contributed by atoms with Gasteiger partial charge in [0, 0.05) is 12.0 Å². The van der Waals surface area contributed by atoms with E-state index >= 15 is 0 Å². The molecule has 5 rings (SSSR count). The van der Waals surface area contributed by atoms with Crippen LogP contribution in [-0.4, -0.2) is 31.5 Å². The van der Waals surface area contributed by atoms with Gasteiger partial charge in [0.1, 0.15) is 17.2 Å². The predicted molar refractivity (Wildman–Crippen MR) is 120 cm³/mol. The number of hydrogen-bond acceptors (Lipinski definition) is 7. The standard InChI is InChI=1S/C25H26N2O5/c1-5-30-22-11-6-8-16-19-14-18(20-13-12-15(2)31-20)26-27(19)25(32-24(16)22)17-9-7-10-21(28-3)23(17)29-4/h6-13,19,25H,5,14H2,1-4H3/t19-,25-/m1/s1. The van der Waals surface area contributed by atoms with Crippen LogP contribution >= 0.6 is 0 Å². The second kappa shape index (κ2) is 8.15. The molecule has 0 fully saturated rings. The van der Waals surface area contributed by atoms with E-state index < -0.39 is 6.23 Å². The highest BCUT2D eigenvalue weighted by molar-refractivity contribution is 5.99. The largest absolute Gasteiger partial charge is 0.493 e. The summed E-state index contributed by atoms with van der Waals surface area (Å²) >= 11 is 0. The Morgan fingerprint density at radius 2 is 1.78 bits per heavy atom. The summed E-state index contributed by atoms with van der Waals surface area (Å²) in [6.07, 6.45) is 0.175. The van der Waals surface area contributed by atoms with Crippen molar-refractivity contribution in [3.05, 3.63) is 71.2 Å². The van der Waals surface area contributed by atoms with Gasteiger partial charge in [-0.1, -0.05) is 18.2 Å². The topological polar surface area (TPSA) is 65.7 Å². The van der Waals surface area contributed by atoms with Gasteiger partial charge in [0.05, 0.1) is 32.4 Å². The summed E-state index contributed by atoms with van der Waals surface area (Å²) in [7, 11) is 3.26. The maximum absolute atomic E-state index is 6.57. The van der Waals surface area contributed by atoms with Crippen LogP contribution in [-0.2, 0) is 0 Å². The minimum atomic E-state index is -0.521. The molecule has 3 heterocycles. The molecule has 7 heteroatoms. The van der Waals surface area contributed by atoms with Crippen LogP contribution in [0.15, 0.2) is 58.0 Å². The molecule has 32 heavy (non-hydrogen) atoms. The van der Waals surface area contributed by atoms with Crippen LogP contribution in [0.5, 0.6) is 23.0 Å². The second-order valence-corrected chi connectivity index (χ2v) is 7.72. The Kier molecular flexibility index (Phi) is 5.17. The summed E-state index contributed by atoms with van der Waals surface area (Å²) in [5, 5.41) is 6.94. The van der Waals surface area contributed by atoms with Crippen molar-refractivity contribution in [2.45, 2.75) is 32.5 Å². The van der Waals surface area contributed by atoms with Crippen LogP contribution in [0.3, 0.4) is 0 Å². The average Bonchev–Trinajstić information content (AvgIpc) is 3.45. The molecule has 0 radical (unpaired) electrons. The van der Waals surface area contributed by atoms with Gasteiger partial charge in [0.2, 0.25) is 6.23 Å². The molecule has 2 atom stereocenters. The molecule has 2 aliphatic heterocycles. The Bertz CT molecular complexity index is 1170. The summed E-state index contributed by atoms with van der Waals surface area (Å²) < 4.78 is 29.6. The number of fused-ring (bicyclic) bond motifs is 3. The zero-order valence-electron chi connectivity index (χ0n) is 18.6. The molecule has 2 aromatic carbocycles. The van der Waals surface area contributed by atoms with Crippen LogP contribution in [0.1, 0.15) is 48.3 Å². The van der Waals surface area contributed by atoms with E-state index in [0.29, 0.717) is 24.5 Å². The van der Waals surface area contributed by atoms with Crippen molar-refractivity contribution in [1.29, 1.82) is 0 Å². The van der Waals surface area contributed by atoms with Crippen molar-refractivity contribution >= 4 is 5.71 Å². The molecule has 0 N–H and O–H groups in total. The predicted octanol–water partition coefficient (Wildman–Crippen LogP) is 5.25. The van der Waals surface area contributed by atoms with E-state index in [1.54, 1.807) is 14.2 Å². The van der Waals surface area contributed by atoms with Crippen LogP contribution in [0.4, 0.5) is 0 Å². The Hall–Kier alpha value is -3.61. The van der Waals surface area contributed by atoms with Crippen molar-refractivity contribution < 1.29 is 23.4 Å². The van der Waals surface area contributed by atoms with Crippen molar-refractivity contribution in [3.63, 3.8) is 0 Å². The third-order valence-electron chi connectivity index (χ3n) is 5.80. The van der Waals surface area contributed by atoms with E-state index in [0.717, 1.165) is 39.9 Å². The normalized spacial score (nSPS) is 19.0. The fraction of sp³-hybridized carbons (Fsp3) is 0.320. The number of hydrogen-bond donors (Lipinski definition) is 0. The minimum absolute atomic E-state index is 0.0273. The number of furan rings is 1. The maximum atomic E-state index is 6.57. The number of nitrogens with zero attached hydrogens (tertiary/aromatic N) is 2. The van der Waals surface area contributed by atoms with Crippen molar-refractivity contribution in [1.82, 2.24) is 5.01 Å². The quantitative estimate of drug-likeness (QED) is 0.528. The number of benzene rings is 2. The van der Waals surface area contributed by atoms with Gasteiger partial charge in [-0.05, 0) is 44.2 Å². The minimum Gasteiger partial charge on any atom is -0.493 e. The molecule has 0 unspecified atom stereocenters. The first-order chi connectivity index (χ1) is 15.6. The Balaban J connectivity index is 1.66. The summed E-state index contributed by atoms with van der Waals surface area (Å²) in [5.74, 6) is 4.34. The Labute approximate surface area is 187 Å². The van der Waals surface area contributed by atoms with Gasteiger partial charge in [-0.15, -0.1) is 0 Å². The van der Waals surface area contributed by atoms with Crippen molar-refractivity contribution in [2.75, 3.05) is 20.8 Å². The maximum Gasteiger partial charge on any atom is 0.217 e. The van der Waals surface area contributed by atoms with Gasteiger partial charge >= 0.3 is 0 Å². The molecule has 7 nitrogen and oxygen atoms in total. The molecule has 0 amide bonds. The lowest BCUT2D eigenvalue weighted by Gasteiger charge is -2.39. The molecule has 0 bridgehead atoms.